The molecule has 2 rings (SSSR count). The second-order valence-electron chi connectivity index (χ2n) is 3.39. The number of halogens is 1. The van der Waals surface area contributed by atoms with E-state index < -0.39 is 0 Å². The van der Waals surface area contributed by atoms with Gasteiger partial charge >= 0.3 is 57.6 Å². The van der Waals surface area contributed by atoms with Crippen molar-refractivity contribution in [1.29, 1.82) is 0 Å². The summed E-state index contributed by atoms with van der Waals surface area (Å²) in [5, 5.41) is 0. The summed E-state index contributed by atoms with van der Waals surface area (Å²) in [6, 6.07) is 0. The van der Waals surface area contributed by atoms with Crippen molar-refractivity contribution in [3.05, 3.63) is 46.7 Å². The summed E-state index contributed by atoms with van der Waals surface area (Å²) >= 11 is 3.82. The van der Waals surface area contributed by atoms with Crippen molar-refractivity contribution in [2.45, 2.75) is 32.1 Å². The van der Waals surface area contributed by atoms with Crippen LogP contribution in [0, 0.1) is 0 Å². The third-order valence-electron chi connectivity index (χ3n) is 2.14. The molecule has 0 fully saturated rings. The first-order valence-corrected chi connectivity index (χ1v) is 10.2. The van der Waals surface area contributed by atoms with Crippen molar-refractivity contribution in [2.75, 3.05) is 0 Å². The third-order valence-corrected chi connectivity index (χ3v) is 5.33. The molecule has 2 aliphatic rings. The van der Waals surface area contributed by atoms with Gasteiger partial charge in [0.2, 0.25) is 0 Å². The van der Waals surface area contributed by atoms with Gasteiger partial charge in [-0.2, -0.15) is 0 Å². The molecule has 84 valence electrons. The molecule has 0 N–H and O–H groups in total. The minimum absolute atomic E-state index is 0.363. The number of hydrogen-bond donors (Lipinski definition) is 0. The second-order valence-corrected chi connectivity index (χ2v) is 6.50. The SMILES string of the molecule is C1=C\CC/C=C\CC/1.[Br][Ru][C]1=CC=CC1. The van der Waals surface area contributed by atoms with E-state index in [0.29, 0.717) is 15.2 Å². The Labute approximate surface area is 107 Å². The van der Waals surface area contributed by atoms with Crippen LogP contribution in [0.4, 0.5) is 0 Å². The van der Waals surface area contributed by atoms with Crippen LogP contribution in [0.15, 0.2) is 46.7 Å². The van der Waals surface area contributed by atoms with Gasteiger partial charge in [-0.1, -0.05) is 24.3 Å². The van der Waals surface area contributed by atoms with E-state index in [4.69, 9.17) is 0 Å². The first-order valence-electron chi connectivity index (χ1n) is 5.33. The standard InChI is InChI=1S/C8H12.C5H5.BrH.Ru/c1-2-4-6-8-7-5-3-1;1-2-4-5-3-1;;/h1-2,7-8H,3-6H2;1-3H,4H2;1H;/q;;;+1/p-1/b2-1-,8-7-;;;. The van der Waals surface area contributed by atoms with Gasteiger partial charge in [0.25, 0.3) is 0 Å². The molecular formula is C13H17BrRu. The van der Waals surface area contributed by atoms with Crippen molar-refractivity contribution in [3.8, 4) is 0 Å². The summed E-state index contributed by atoms with van der Waals surface area (Å²) in [6.07, 6.45) is 21.7. The quantitative estimate of drug-likeness (QED) is 0.464. The van der Waals surface area contributed by atoms with Gasteiger partial charge in [0.15, 0.2) is 0 Å². The molecule has 0 unspecified atom stereocenters. The minimum atomic E-state index is 0.363. The molecule has 2 heteroatoms. The first-order chi connectivity index (χ1) is 7.43. The van der Waals surface area contributed by atoms with Gasteiger partial charge in [-0.3, -0.25) is 0 Å². The van der Waals surface area contributed by atoms with E-state index in [1.54, 1.807) is 4.17 Å². The molecule has 2 aliphatic carbocycles. The molecule has 15 heavy (non-hydrogen) atoms. The van der Waals surface area contributed by atoms with E-state index >= 15 is 0 Å². The maximum absolute atomic E-state index is 3.46. The van der Waals surface area contributed by atoms with Crippen LogP contribution in [0.1, 0.15) is 32.1 Å². The molecule has 0 bridgehead atoms. The average Bonchev–Trinajstić information content (AvgIpc) is 2.69. The predicted molar refractivity (Wildman–Crippen MR) is 67.5 cm³/mol. The average molecular weight is 354 g/mol. The van der Waals surface area contributed by atoms with Gasteiger partial charge in [0.05, 0.1) is 0 Å². The van der Waals surface area contributed by atoms with Gasteiger partial charge < -0.3 is 0 Å². The van der Waals surface area contributed by atoms with Crippen LogP contribution in [0.5, 0.6) is 0 Å². The third kappa shape index (κ3) is 7.03. The molecule has 0 atom stereocenters. The van der Waals surface area contributed by atoms with E-state index in [0.717, 1.165) is 0 Å². The summed E-state index contributed by atoms with van der Waals surface area (Å²) < 4.78 is 1.56. The molecule has 0 spiro atoms. The summed E-state index contributed by atoms with van der Waals surface area (Å²) in [5.41, 5.74) is 0. The zero-order valence-corrected chi connectivity index (χ0v) is 12.1. The summed E-state index contributed by atoms with van der Waals surface area (Å²) in [5.74, 6) is 0. The van der Waals surface area contributed by atoms with Crippen molar-refractivity contribution >= 4 is 13.6 Å². The molecule has 0 aliphatic heterocycles. The van der Waals surface area contributed by atoms with Crippen molar-refractivity contribution < 1.29 is 15.2 Å². The molecule has 0 saturated heterocycles. The molecule has 0 amide bonds. The van der Waals surface area contributed by atoms with Crippen LogP contribution in [0.2, 0.25) is 0 Å². The fourth-order valence-corrected chi connectivity index (χ4v) is 3.17. The van der Waals surface area contributed by atoms with E-state index in [1.165, 1.54) is 32.1 Å². The van der Waals surface area contributed by atoms with E-state index in [9.17, 15) is 0 Å². The molecule has 0 aromatic rings. The summed E-state index contributed by atoms with van der Waals surface area (Å²) in [4.78, 5) is 0. The number of rotatable bonds is 1. The van der Waals surface area contributed by atoms with Gasteiger partial charge in [0, 0.05) is 0 Å². The van der Waals surface area contributed by atoms with E-state index in [-0.39, 0.29) is 0 Å². The molecule has 0 nitrogen and oxygen atoms in total. The van der Waals surface area contributed by atoms with Crippen LogP contribution in [-0.2, 0) is 15.2 Å². The molecule has 0 saturated carbocycles. The topological polar surface area (TPSA) is 0 Å². The van der Waals surface area contributed by atoms with E-state index in [2.05, 4.69) is 56.2 Å². The number of hydrogen-bond acceptors (Lipinski definition) is 0. The van der Waals surface area contributed by atoms with Crippen molar-refractivity contribution in [3.63, 3.8) is 0 Å². The Morgan fingerprint density at radius 2 is 1.40 bits per heavy atom. The van der Waals surface area contributed by atoms with Gasteiger partial charge in [-0.25, -0.2) is 0 Å². The Hall–Kier alpha value is 0.0634. The Balaban J connectivity index is 0.000000151. The van der Waals surface area contributed by atoms with Crippen LogP contribution < -0.4 is 0 Å². The molecule has 0 aromatic carbocycles. The monoisotopic (exact) mass is 354 g/mol. The van der Waals surface area contributed by atoms with Gasteiger partial charge in [-0.15, -0.1) is 0 Å². The Morgan fingerprint density at radius 1 is 0.867 bits per heavy atom. The van der Waals surface area contributed by atoms with Crippen molar-refractivity contribution in [1.82, 2.24) is 0 Å². The van der Waals surface area contributed by atoms with Gasteiger partial charge in [-0.05, 0) is 25.7 Å². The van der Waals surface area contributed by atoms with E-state index in [1.807, 2.05) is 0 Å². The fraction of sp³-hybridized carbons (Fsp3) is 0.385. The van der Waals surface area contributed by atoms with Crippen LogP contribution in [0.25, 0.3) is 0 Å². The molecule has 0 aromatic heterocycles. The number of allylic oxidation sites excluding steroid dienone is 8. The fourth-order valence-electron chi connectivity index (χ4n) is 1.32. The zero-order valence-electron chi connectivity index (χ0n) is 8.81. The van der Waals surface area contributed by atoms with Crippen LogP contribution >= 0.6 is 13.6 Å². The second kappa shape index (κ2) is 9.30. The molecule has 0 radical (unpaired) electrons. The molecular weight excluding hydrogens is 337 g/mol. The first kappa shape index (κ1) is 13.1. The molecule has 0 heterocycles. The Bertz CT molecular complexity index is 248. The summed E-state index contributed by atoms with van der Waals surface area (Å²) in [6.45, 7) is 0. The maximum atomic E-state index is 3.46. The summed E-state index contributed by atoms with van der Waals surface area (Å²) in [7, 11) is 0. The van der Waals surface area contributed by atoms with Crippen LogP contribution in [0.3, 0.4) is 0 Å². The van der Waals surface area contributed by atoms with Crippen molar-refractivity contribution in [2.24, 2.45) is 0 Å². The van der Waals surface area contributed by atoms with Crippen LogP contribution in [-0.4, -0.2) is 0 Å². The van der Waals surface area contributed by atoms with Gasteiger partial charge in [0.1, 0.15) is 0 Å². The predicted octanol–water partition coefficient (Wildman–Crippen LogP) is 4.90. The normalized spacial score (nSPS) is 23.4. The Kier molecular flexibility index (Phi) is 8.14. The zero-order chi connectivity index (χ0) is 10.8. The Morgan fingerprint density at radius 3 is 1.67 bits per heavy atom.